The van der Waals surface area contributed by atoms with Crippen LogP contribution in [0.25, 0.3) is 10.9 Å². The summed E-state index contributed by atoms with van der Waals surface area (Å²) in [5.74, 6) is 2.08. The second-order valence-electron chi connectivity index (χ2n) is 5.90. The molecule has 0 aliphatic carbocycles. The number of aromatic amines is 1. The van der Waals surface area contributed by atoms with Gasteiger partial charge in [-0.15, -0.1) is 0 Å². The van der Waals surface area contributed by atoms with E-state index >= 15 is 0 Å². The molecular weight excluding hydrogens is 282 g/mol. The summed E-state index contributed by atoms with van der Waals surface area (Å²) >= 11 is 0. The van der Waals surface area contributed by atoms with Gasteiger partial charge in [0.05, 0.1) is 0 Å². The van der Waals surface area contributed by atoms with Crippen LogP contribution in [0.4, 0.5) is 0 Å². The van der Waals surface area contributed by atoms with E-state index in [1.807, 2.05) is 24.3 Å². The molecule has 0 amide bonds. The highest BCUT2D eigenvalue weighted by Crippen LogP contribution is 2.48. The fourth-order valence-corrected chi connectivity index (χ4v) is 3.58. The lowest BCUT2D eigenvalue weighted by atomic mass is 9.82. The lowest BCUT2D eigenvalue weighted by molar-refractivity contribution is 0.453. The van der Waals surface area contributed by atoms with Crippen LogP contribution < -0.4 is 4.74 Å². The first kappa shape index (κ1) is 12.5. The number of para-hydroxylation sites is 3. The molecule has 2 heterocycles. The molecule has 1 aliphatic rings. The Hall–Kier alpha value is -3.00. The largest absolute Gasteiger partial charge is 0.457 e. The van der Waals surface area contributed by atoms with E-state index in [1.54, 1.807) is 0 Å². The van der Waals surface area contributed by atoms with Gasteiger partial charge in [-0.2, -0.15) is 0 Å². The number of fused-ring (bicyclic) bond motifs is 3. The lowest BCUT2D eigenvalue weighted by Crippen LogP contribution is -2.11. The number of benzene rings is 3. The summed E-state index contributed by atoms with van der Waals surface area (Å²) in [6.07, 6.45) is 2.13. The average molecular weight is 297 g/mol. The van der Waals surface area contributed by atoms with Crippen molar-refractivity contribution >= 4 is 10.9 Å². The van der Waals surface area contributed by atoms with Gasteiger partial charge in [0, 0.05) is 34.1 Å². The Balaban J connectivity index is 1.82. The zero-order chi connectivity index (χ0) is 15.2. The summed E-state index contributed by atoms with van der Waals surface area (Å²) in [5.41, 5.74) is 4.90. The smallest absolute Gasteiger partial charge is 0.131 e. The highest BCUT2D eigenvalue weighted by atomic mass is 16.5. The Morgan fingerprint density at radius 2 is 1.26 bits per heavy atom. The molecule has 0 saturated carbocycles. The Morgan fingerprint density at radius 1 is 0.652 bits per heavy atom. The SMILES string of the molecule is c1ccc2c(c1)Oc1ccccc1C2c1c[nH]c2ccccc12. The standard InChI is InChI=1S/C21H15NO/c1-4-10-18-14(7-1)17(13-22-18)21-15-8-2-5-11-19(15)23-20-12-6-3-9-16(20)21/h1-13,21-22H. The average Bonchev–Trinajstić information content (AvgIpc) is 3.03. The van der Waals surface area contributed by atoms with E-state index in [9.17, 15) is 0 Å². The third kappa shape index (κ3) is 1.82. The molecular formula is C21H15NO. The number of rotatable bonds is 1. The fraction of sp³-hybridized carbons (Fsp3) is 0.0476. The first-order valence-corrected chi connectivity index (χ1v) is 7.83. The summed E-state index contributed by atoms with van der Waals surface area (Å²) in [4.78, 5) is 3.41. The van der Waals surface area contributed by atoms with Crippen LogP contribution in [-0.2, 0) is 0 Å². The molecule has 23 heavy (non-hydrogen) atoms. The third-order valence-corrected chi connectivity index (χ3v) is 4.61. The zero-order valence-corrected chi connectivity index (χ0v) is 12.5. The molecule has 0 radical (unpaired) electrons. The van der Waals surface area contributed by atoms with Crippen molar-refractivity contribution in [1.29, 1.82) is 0 Å². The fourth-order valence-electron chi connectivity index (χ4n) is 3.58. The molecule has 4 aromatic rings. The molecule has 0 bridgehead atoms. The Labute approximate surface area is 134 Å². The van der Waals surface area contributed by atoms with Gasteiger partial charge in [0.2, 0.25) is 0 Å². The number of H-pyrrole nitrogens is 1. The van der Waals surface area contributed by atoms with Gasteiger partial charge in [0.1, 0.15) is 11.5 Å². The van der Waals surface area contributed by atoms with E-state index in [0.29, 0.717) is 0 Å². The van der Waals surface area contributed by atoms with E-state index < -0.39 is 0 Å². The van der Waals surface area contributed by atoms with Gasteiger partial charge in [-0.05, 0) is 23.8 Å². The monoisotopic (exact) mass is 297 g/mol. The van der Waals surface area contributed by atoms with Crippen molar-refractivity contribution in [2.24, 2.45) is 0 Å². The summed E-state index contributed by atoms with van der Waals surface area (Å²) < 4.78 is 6.11. The van der Waals surface area contributed by atoms with Crippen molar-refractivity contribution < 1.29 is 4.74 Å². The number of hydrogen-bond donors (Lipinski definition) is 1. The number of hydrogen-bond acceptors (Lipinski definition) is 1. The molecule has 2 nitrogen and oxygen atoms in total. The molecule has 1 N–H and O–H groups in total. The maximum Gasteiger partial charge on any atom is 0.131 e. The van der Waals surface area contributed by atoms with Crippen LogP contribution in [0.5, 0.6) is 11.5 Å². The van der Waals surface area contributed by atoms with Gasteiger partial charge in [-0.25, -0.2) is 0 Å². The third-order valence-electron chi connectivity index (χ3n) is 4.61. The summed E-state index contributed by atoms with van der Waals surface area (Å²) in [6.45, 7) is 0. The van der Waals surface area contributed by atoms with Crippen molar-refractivity contribution in [2.45, 2.75) is 5.92 Å². The van der Waals surface area contributed by atoms with Crippen LogP contribution in [0.1, 0.15) is 22.6 Å². The molecule has 0 atom stereocenters. The maximum absolute atomic E-state index is 6.11. The van der Waals surface area contributed by atoms with E-state index in [4.69, 9.17) is 4.74 Å². The second kappa shape index (κ2) is 4.75. The van der Waals surface area contributed by atoms with Crippen molar-refractivity contribution in [1.82, 2.24) is 4.98 Å². The lowest BCUT2D eigenvalue weighted by Gasteiger charge is -2.28. The van der Waals surface area contributed by atoms with Gasteiger partial charge in [-0.1, -0.05) is 54.6 Å². The number of aromatic nitrogens is 1. The van der Waals surface area contributed by atoms with Crippen molar-refractivity contribution in [3.63, 3.8) is 0 Å². The predicted octanol–water partition coefficient (Wildman–Crippen LogP) is 5.45. The topological polar surface area (TPSA) is 25.0 Å². The highest BCUT2D eigenvalue weighted by Gasteiger charge is 2.29. The molecule has 1 aromatic heterocycles. The normalized spacial score (nSPS) is 13.4. The molecule has 0 saturated heterocycles. The zero-order valence-electron chi connectivity index (χ0n) is 12.5. The summed E-state index contributed by atoms with van der Waals surface area (Å²) in [5, 5.41) is 1.27. The van der Waals surface area contributed by atoms with E-state index in [0.717, 1.165) is 11.5 Å². The molecule has 5 rings (SSSR count). The van der Waals surface area contributed by atoms with Crippen LogP contribution in [-0.4, -0.2) is 4.98 Å². The maximum atomic E-state index is 6.11. The summed E-state index contributed by atoms with van der Waals surface area (Å²) in [6, 6.07) is 25.1. The van der Waals surface area contributed by atoms with Crippen LogP contribution in [0.3, 0.4) is 0 Å². The number of nitrogens with one attached hydrogen (secondary N) is 1. The molecule has 110 valence electrons. The number of ether oxygens (including phenoxy) is 1. The Kier molecular flexibility index (Phi) is 2.59. The molecule has 0 fully saturated rings. The quantitative estimate of drug-likeness (QED) is 0.437. The first-order valence-electron chi connectivity index (χ1n) is 7.83. The van der Waals surface area contributed by atoms with Crippen molar-refractivity contribution in [3.05, 3.63) is 95.7 Å². The van der Waals surface area contributed by atoms with Gasteiger partial charge in [0.25, 0.3) is 0 Å². The molecule has 0 unspecified atom stereocenters. The molecule has 0 spiro atoms. The predicted molar refractivity (Wildman–Crippen MR) is 92.2 cm³/mol. The van der Waals surface area contributed by atoms with Crippen LogP contribution >= 0.6 is 0 Å². The van der Waals surface area contributed by atoms with Gasteiger partial charge in [-0.3, -0.25) is 0 Å². The van der Waals surface area contributed by atoms with Gasteiger partial charge >= 0.3 is 0 Å². The highest BCUT2D eigenvalue weighted by molar-refractivity contribution is 5.85. The van der Waals surface area contributed by atoms with Crippen molar-refractivity contribution in [3.8, 4) is 11.5 Å². The van der Waals surface area contributed by atoms with E-state index in [-0.39, 0.29) is 5.92 Å². The molecule has 2 heteroatoms. The van der Waals surface area contributed by atoms with Crippen molar-refractivity contribution in [2.75, 3.05) is 0 Å². The molecule has 3 aromatic carbocycles. The second-order valence-corrected chi connectivity index (χ2v) is 5.90. The van der Waals surface area contributed by atoms with Crippen LogP contribution in [0, 0.1) is 0 Å². The minimum atomic E-state index is 0.187. The van der Waals surface area contributed by atoms with Crippen LogP contribution in [0.2, 0.25) is 0 Å². The van der Waals surface area contributed by atoms with Crippen LogP contribution in [0.15, 0.2) is 79.0 Å². The Morgan fingerprint density at radius 3 is 2.00 bits per heavy atom. The Bertz CT molecular complexity index is 969. The van der Waals surface area contributed by atoms with Gasteiger partial charge < -0.3 is 9.72 Å². The minimum absolute atomic E-state index is 0.187. The molecule has 1 aliphatic heterocycles. The van der Waals surface area contributed by atoms with Gasteiger partial charge in [0.15, 0.2) is 0 Å². The van der Waals surface area contributed by atoms with E-state index in [2.05, 4.69) is 59.7 Å². The summed E-state index contributed by atoms with van der Waals surface area (Å²) in [7, 11) is 0. The first-order chi connectivity index (χ1) is 11.4. The van der Waals surface area contributed by atoms with E-state index in [1.165, 1.54) is 27.6 Å². The minimum Gasteiger partial charge on any atom is -0.457 e.